The number of nitrogens with one attached hydrogen (secondary N) is 1. The van der Waals surface area contributed by atoms with Gasteiger partial charge in [-0.05, 0) is 50.3 Å². The van der Waals surface area contributed by atoms with E-state index >= 15 is 0 Å². The summed E-state index contributed by atoms with van der Waals surface area (Å²) < 4.78 is 23.7. The zero-order valence-corrected chi connectivity index (χ0v) is 13.3. The van der Waals surface area contributed by atoms with Crippen molar-refractivity contribution in [3.05, 3.63) is 18.3 Å². The number of rotatable bonds is 5. The largest absolute Gasteiger partial charge is 0.356 e. The Morgan fingerprint density at radius 2 is 2.00 bits per heavy atom. The highest BCUT2D eigenvalue weighted by Crippen LogP contribution is 2.27. The van der Waals surface area contributed by atoms with Gasteiger partial charge in [-0.1, -0.05) is 0 Å². The molecule has 1 aromatic rings. The van der Waals surface area contributed by atoms with Crippen molar-refractivity contribution in [1.29, 1.82) is 0 Å². The quantitative estimate of drug-likeness (QED) is 0.892. The zero-order chi connectivity index (χ0) is 14.9. The Kier molecular flexibility index (Phi) is 4.17. The van der Waals surface area contributed by atoms with Crippen molar-refractivity contribution < 1.29 is 8.42 Å². The summed E-state index contributed by atoms with van der Waals surface area (Å²) in [7, 11) is -3.23. The number of hydrogen-bond acceptors (Lipinski definition) is 5. The van der Waals surface area contributed by atoms with Crippen LogP contribution in [0.15, 0.2) is 23.2 Å². The fraction of sp³-hybridized carbons (Fsp3) is 0.667. The maximum absolute atomic E-state index is 11.9. The number of anilines is 1. The van der Waals surface area contributed by atoms with Crippen molar-refractivity contribution in [3.63, 3.8) is 0 Å². The first kappa shape index (κ1) is 14.8. The molecule has 1 aliphatic carbocycles. The molecule has 1 saturated carbocycles. The van der Waals surface area contributed by atoms with Crippen LogP contribution in [0.25, 0.3) is 0 Å². The van der Waals surface area contributed by atoms with Crippen LogP contribution in [0.3, 0.4) is 0 Å². The lowest BCUT2D eigenvalue weighted by atomic mass is 9.97. The van der Waals surface area contributed by atoms with Gasteiger partial charge in [0.25, 0.3) is 0 Å². The Labute approximate surface area is 126 Å². The summed E-state index contributed by atoms with van der Waals surface area (Å²) in [6.07, 6.45) is 7.76. The molecular weight excluding hydrogens is 286 g/mol. The Hall–Kier alpha value is -1.14. The average Bonchev–Trinajstić information content (AvgIpc) is 3.29. The van der Waals surface area contributed by atoms with E-state index < -0.39 is 9.84 Å². The number of nitrogens with zero attached hydrogens (tertiary/aromatic N) is 2. The van der Waals surface area contributed by atoms with E-state index in [9.17, 15) is 8.42 Å². The molecule has 0 amide bonds. The SMILES string of the molecule is CS(=O)(=O)c1cccnc1N1CCC(CNC2CC2)CC1. The van der Waals surface area contributed by atoms with Crippen LogP contribution >= 0.6 is 0 Å². The van der Waals surface area contributed by atoms with E-state index in [2.05, 4.69) is 15.2 Å². The van der Waals surface area contributed by atoms with Gasteiger partial charge < -0.3 is 10.2 Å². The van der Waals surface area contributed by atoms with Crippen LogP contribution in [0.4, 0.5) is 5.82 Å². The van der Waals surface area contributed by atoms with Crippen LogP contribution < -0.4 is 10.2 Å². The zero-order valence-electron chi connectivity index (χ0n) is 12.5. The molecule has 0 bridgehead atoms. The number of sulfone groups is 1. The summed E-state index contributed by atoms with van der Waals surface area (Å²) in [6.45, 7) is 2.87. The molecule has 2 aliphatic rings. The molecule has 116 valence electrons. The fourth-order valence-corrected chi connectivity index (χ4v) is 3.72. The van der Waals surface area contributed by atoms with Crippen molar-refractivity contribution in [3.8, 4) is 0 Å². The van der Waals surface area contributed by atoms with Crippen LogP contribution in [-0.2, 0) is 9.84 Å². The van der Waals surface area contributed by atoms with E-state index in [0.29, 0.717) is 16.6 Å². The number of pyridine rings is 1. The minimum absolute atomic E-state index is 0.347. The number of piperidine rings is 1. The third kappa shape index (κ3) is 3.74. The van der Waals surface area contributed by atoms with Gasteiger partial charge in [0.05, 0.1) is 0 Å². The van der Waals surface area contributed by atoms with E-state index in [4.69, 9.17) is 0 Å². The summed E-state index contributed by atoms with van der Waals surface area (Å²) in [4.78, 5) is 6.77. The molecular formula is C15H23N3O2S. The van der Waals surface area contributed by atoms with E-state index in [0.717, 1.165) is 38.5 Å². The van der Waals surface area contributed by atoms with E-state index in [1.54, 1.807) is 18.3 Å². The predicted molar refractivity (Wildman–Crippen MR) is 83.3 cm³/mol. The van der Waals surface area contributed by atoms with Gasteiger partial charge in [-0.3, -0.25) is 0 Å². The molecule has 2 heterocycles. The van der Waals surface area contributed by atoms with Crippen LogP contribution in [0.1, 0.15) is 25.7 Å². The van der Waals surface area contributed by atoms with Gasteiger partial charge in [0.2, 0.25) is 0 Å². The lowest BCUT2D eigenvalue weighted by Crippen LogP contribution is -2.38. The summed E-state index contributed by atoms with van der Waals surface area (Å²) >= 11 is 0. The highest BCUT2D eigenvalue weighted by atomic mass is 32.2. The van der Waals surface area contributed by atoms with Gasteiger partial charge in [0.1, 0.15) is 10.7 Å². The van der Waals surface area contributed by atoms with Gasteiger partial charge in [-0.15, -0.1) is 0 Å². The van der Waals surface area contributed by atoms with Gasteiger partial charge >= 0.3 is 0 Å². The molecule has 6 heteroatoms. The lowest BCUT2D eigenvalue weighted by molar-refractivity contribution is 0.380. The van der Waals surface area contributed by atoms with Crippen LogP contribution in [-0.4, -0.2) is 45.3 Å². The molecule has 0 atom stereocenters. The molecule has 1 aromatic heterocycles. The predicted octanol–water partition coefficient (Wildman–Crippen LogP) is 1.45. The summed E-state index contributed by atoms with van der Waals surface area (Å²) in [5.41, 5.74) is 0. The van der Waals surface area contributed by atoms with Gasteiger partial charge in [0, 0.05) is 31.6 Å². The van der Waals surface area contributed by atoms with Crippen LogP contribution in [0.2, 0.25) is 0 Å². The van der Waals surface area contributed by atoms with Crippen LogP contribution in [0, 0.1) is 5.92 Å². The monoisotopic (exact) mass is 309 g/mol. The van der Waals surface area contributed by atoms with E-state index in [1.807, 2.05) is 0 Å². The first-order valence-corrected chi connectivity index (χ1v) is 9.56. The minimum atomic E-state index is -3.23. The van der Waals surface area contributed by atoms with Crippen molar-refractivity contribution in [2.45, 2.75) is 36.6 Å². The summed E-state index contributed by atoms with van der Waals surface area (Å²) in [5, 5.41) is 3.59. The van der Waals surface area contributed by atoms with E-state index in [1.165, 1.54) is 19.1 Å². The molecule has 0 unspecified atom stereocenters. The van der Waals surface area contributed by atoms with Gasteiger partial charge in [-0.2, -0.15) is 0 Å². The first-order chi connectivity index (χ1) is 10.0. The average molecular weight is 309 g/mol. The first-order valence-electron chi connectivity index (χ1n) is 7.67. The Morgan fingerprint density at radius 3 is 2.62 bits per heavy atom. The maximum Gasteiger partial charge on any atom is 0.179 e. The molecule has 1 aliphatic heterocycles. The van der Waals surface area contributed by atoms with E-state index in [-0.39, 0.29) is 0 Å². The minimum Gasteiger partial charge on any atom is -0.356 e. The molecule has 3 rings (SSSR count). The van der Waals surface area contributed by atoms with Gasteiger partial charge in [0.15, 0.2) is 9.84 Å². The summed E-state index contributed by atoms with van der Waals surface area (Å²) in [5.74, 6) is 1.32. The van der Waals surface area contributed by atoms with Crippen molar-refractivity contribution in [1.82, 2.24) is 10.3 Å². The van der Waals surface area contributed by atoms with Crippen molar-refractivity contribution in [2.24, 2.45) is 5.92 Å². The van der Waals surface area contributed by atoms with Gasteiger partial charge in [-0.25, -0.2) is 13.4 Å². The molecule has 1 N–H and O–H groups in total. The topological polar surface area (TPSA) is 62.3 Å². The third-order valence-electron chi connectivity index (χ3n) is 4.34. The fourth-order valence-electron chi connectivity index (χ4n) is 2.88. The van der Waals surface area contributed by atoms with Crippen molar-refractivity contribution in [2.75, 3.05) is 30.8 Å². The molecule has 5 nitrogen and oxygen atoms in total. The smallest absolute Gasteiger partial charge is 0.179 e. The Bertz CT molecular complexity index is 591. The number of aromatic nitrogens is 1. The maximum atomic E-state index is 11.9. The Morgan fingerprint density at radius 1 is 1.29 bits per heavy atom. The second-order valence-corrected chi connectivity index (χ2v) is 8.19. The van der Waals surface area contributed by atoms with Crippen molar-refractivity contribution >= 4 is 15.7 Å². The molecule has 1 saturated heterocycles. The number of hydrogen-bond donors (Lipinski definition) is 1. The normalized spacial score (nSPS) is 20.7. The second-order valence-electron chi connectivity index (χ2n) is 6.21. The molecule has 0 spiro atoms. The Balaban J connectivity index is 1.64. The molecule has 0 aromatic carbocycles. The second kappa shape index (κ2) is 5.93. The molecule has 2 fully saturated rings. The highest BCUT2D eigenvalue weighted by Gasteiger charge is 2.26. The standard InChI is InChI=1S/C15H23N3O2S/c1-21(19,20)14-3-2-8-16-15(14)18-9-6-12(7-10-18)11-17-13-4-5-13/h2-3,8,12-13,17H,4-7,9-11H2,1H3. The highest BCUT2D eigenvalue weighted by molar-refractivity contribution is 7.90. The lowest BCUT2D eigenvalue weighted by Gasteiger charge is -2.33. The van der Waals surface area contributed by atoms with Crippen LogP contribution in [0.5, 0.6) is 0 Å². The third-order valence-corrected chi connectivity index (χ3v) is 5.45. The molecule has 21 heavy (non-hydrogen) atoms. The molecule has 0 radical (unpaired) electrons. The summed E-state index contributed by atoms with van der Waals surface area (Å²) in [6, 6.07) is 4.10.